The lowest BCUT2D eigenvalue weighted by molar-refractivity contribution is -0.131. The number of hydrogen-bond donors (Lipinski definition) is 0. The van der Waals surface area contributed by atoms with Gasteiger partial charge in [-0.3, -0.25) is 4.79 Å². The van der Waals surface area contributed by atoms with Crippen LogP contribution in [0.3, 0.4) is 0 Å². The summed E-state index contributed by atoms with van der Waals surface area (Å²) < 4.78 is 1.45. The van der Waals surface area contributed by atoms with Crippen molar-refractivity contribution < 1.29 is 4.79 Å². The Morgan fingerprint density at radius 3 is 2.79 bits per heavy atom. The average Bonchev–Trinajstić information content (AvgIpc) is 3.14. The molecular weight excluding hydrogens is 302 g/mol. The van der Waals surface area contributed by atoms with Gasteiger partial charge < -0.3 is 4.90 Å². The van der Waals surface area contributed by atoms with Crippen LogP contribution in [0.2, 0.25) is 0 Å². The number of amides is 1. The fraction of sp³-hybridized carbons (Fsp3) is 0.222. The Bertz CT molecular complexity index is 895. The lowest BCUT2D eigenvalue weighted by atomic mass is 9.94. The van der Waals surface area contributed by atoms with E-state index in [4.69, 9.17) is 0 Å². The molecule has 1 amide bonds. The maximum Gasteiger partial charge on any atom is 0.244 e. The summed E-state index contributed by atoms with van der Waals surface area (Å²) >= 11 is 0. The molecule has 0 fully saturated rings. The molecule has 0 saturated carbocycles. The van der Waals surface area contributed by atoms with Gasteiger partial charge in [-0.2, -0.15) is 0 Å². The van der Waals surface area contributed by atoms with Crippen molar-refractivity contribution in [1.29, 1.82) is 0 Å². The first kappa shape index (κ1) is 14.6. The van der Waals surface area contributed by atoms with E-state index in [0.29, 0.717) is 6.54 Å². The molecule has 1 aliphatic heterocycles. The topological polar surface area (TPSA) is 63.9 Å². The third-order valence-corrected chi connectivity index (χ3v) is 4.39. The van der Waals surface area contributed by atoms with E-state index >= 15 is 0 Å². The number of benzene rings is 2. The van der Waals surface area contributed by atoms with Crippen LogP contribution >= 0.6 is 0 Å². The summed E-state index contributed by atoms with van der Waals surface area (Å²) in [7, 11) is 0. The van der Waals surface area contributed by atoms with E-state index < -0.39 is 0 Å². The fourth-order valence-corrected chi connectivity index (χ4v) is 3.14. The van der Waals surface area contributed by atoms with Gasteiger partial charge in [0.1, 0.15) is 12.9 Å². The monoisotopic (exact) mass is 319 g/mol. The smallest absolute Gasteiger partial charge is 0.244 e. The van der Waals surface area contributed by atoms with E-state index in [1.807, 2.05) is 4.90 Å². The number of carbonyl (C=O) groups is 1. The highest BCUT2D eigenvalue weighted by Crippen LogP contribution is 2.29. The molecule has 0 aliphatic carbocycles. The molecule has 0 spiro atoms. The van der Waals surface area contributed by atoms with Crippen LogP contribution in [-0.4, -0.2) is 44.1 Å². The first-order chi connectivity index (χ1) is 11.8. The molecule has 0 bridgehead atoms. The lowest BCUT2D eigenvalue weighted by Gasteiger charge is -2.27. The molecule has 0 radical (unpaired) electrons. The number of hydrogen-bond acceptors (Lipinski definition) is 4. The van der Waals surface area contributed by atoms with Crippen molar-refractivity contribution in [3.05, 3.63) is 60.4 Å². The first-order valence-corrected chi connectivity index (χ1v) is 7.97. The van der Waals surface area contributed by atoms with Gasteiger partial charge in [-0.25, -0.2) is 4.68 Å². The molecule has 4 rings (SSSR count). The predicted octanol–water partition coefficient (Wildman–Crippen LogP) is 2.14. The van der Waals surface area contributed by atoms with E-state index in [1.54, 1.807) is 0 Å². The molecule has 120 valence electrons. The summed E-state index contributed by atoms with van der Waals surface area (Å²) in [5.74, 6) is 0.0375. The molecule has 0 N–H and O–H groups in total. The van der Waals surface area contributed by atoms with Crippen molar-refractivity contribution in [2.45, 2.75) is 13.0 Å². The van der Waals surface area contributed by atoms with Gasteiger partial charge in [-0.05, 0) is 38.8 Å². The van der Waals surface area contributed by atoms with Crippen LogP contribution in [0.25, 0.3) is 16.3 Å². The molecule has 6 heteroatoms. The van der Waals surface area contributed by atoms with Crippen LogP contribution < -0.4 is 0 Å². The SMILES string of the molecule is O=C(Cn1cnnn1)N1CC=C(c2cccc3ccccc23)CC1. The Balaban J connectivity index is 1.53. The normalized spacial score (nSPS) is 14.7. The number of aromatic nitrogens is 4. The van der Waals surface area contributed by atoms with Crippen LogP contribution in [0.5, 0.6) is 0 Å². The van der Waals surface area contributed by atoms with Gasteiger partial charge in [0.25, 0.3) is 0 Å². The molecule has 0 atom stereocenters. The van der Waals surface area contributed by atoms with Crippen molar-refractivity contribution in [1.82, 2.24) is 25.1 Å². The van der Waals surface area contributed by atoms with E-state index in [0.717, 1.165) is 13.0 Å². The average molecular weight is 319 g/mol. The van der Waals surface area contributed by atoms with Gasteiger partial charge in [-0.15, -0.1) is 5.10 Å². The van der Waals surface area contributed by atoms with Gasteiger partial charge >= 0.3 is 0 Å². The highest BCUT2D eigenvalue weighted by Gasteiger charge is 2.19. The summed E-state index contributed by atoms with van der Waals surface area (Å²) in [5.41, 5.74) is 2.57. The van der Waals surface area contributed by atoms with Gasteiger partial charge in [0.15, 0.2) is 0 Å². The van der Waals surface area contributed by atoms with Crippen molar-refractivity contribution in [2.24, 2.45) is 0 Å². The first-order valence-electron chi connectivity index (χ1n) is 7.97. The van der Waals surface area contributed by atoms with Gasteiger partial charge in [0.05, 0.1) is 0 Å². The van der Waals surface area contributed by atoms with E-state index in [2.05, 4.69) is 64.1 Å². The predicted molar refractivity (Wildman–Crippen MR) is 90.9 cm³/mol. The Morgan fingerprint density at radius 2 is 2.00 bits per heavy atom. The third-order valence-electron chi connectivity index (χ3n) is 4.39. The molecule has 0 saturated heterocycles. The van der Waals surface area contributed by atoms with Crippen molar-refractivity contribution in [3.8, 4) is 0 Å². The van der Waals surface area contributed by atoms with Gasteiger partial charge in [0, 0.05) is 13.1 Å². The second-order valence-electron chi connectivity index (χ2n) is 5.85. The summed E-state index contributed by atoms with van der Waals surface area (Å²) in [5, 5.41) is 13.3. The number of nitrogens with zero attached hydrogens (tertiary/aromatic N) is 5. The fourth-order valence-electron chi connectivity index (χ4n) is 3.14. The summed E-state index contributed by atoms with van der Waals surface area (Å²) in [6.07, 6.45) is 4.47. The van der Waals surface area contributed by atoms with Gasteiger partial charge in [0.2, 0.25) is 5.91 Å². The second-order valence-corrected chi connectivity index (χ2v) is 5.85. The van der Waals surface area contributed by atoms with Crippen LogP contribution in [0.4, 0.5) is 0 Å². The van der Waals surface area contributed by atoms with Gasteiger partial charge in [-0.1, -0.05) is 48.5 Å². The minimum Gasteiger partial charge on any atom is -0.337 e. The molecular formula is C18H17N5O. The van der Waals surface area contributed by atoms with Crippen LogP contribution in [0, 0.1) is 0 Å². The summed E-state index contributed by atoms with van der Waals surface area (Å²) in [6, 6.07) is 14.8. The highest BCUT2D eigenvalue weighted by atomic mass is 16.2. The Morgan fingerprint density at radius 1 is 1.12 bits per heavy atom. The number of rotatable bonds is 3. The Labute approximate surface area is 139 Å². The zero-order valence-corrected chi connectivity index (χ0v) is 13.2. The van der Waals surface area contributed by atoms with Crippen molar-refractivity contribution >= 4 is 22.3 Å². The standard InChI is InChI=1S/C18H17N5O/c24-18(12-23-13-19-20-21-23)22-10-8-15(9-11-22)17-7-3-5-14-4-1-2-6-16(14)17/h1-8,13H,9-12H2. The number of fused-ring (bicyclic) bond motifs is 1. The Hall–Kier alpha value is -3.02. The number of carbonyl (C=O) groups excluding carboxylic acids is 1. The van der Waals surface area contributed by atoms with Crippen molar-refractivity contribution in [3.63, 3.8) is 0 Å². The maximum atomic E-state index is 12.3. The third kappa shape index (κ3) is 2.78. The summed E-state index contributed by atoms with van der Waals surface area (Å²) in [4.78, 5) is 14.1. The molecule has 1 aliphatic rings. The second kappa shape index (κ2) is 6.23. The molecule has 1 aromatic heterocycles. The minimum absolute atomic E-state index is 0.0375. The maximum absolute atomic E-state index is 12.3. The highest BCUT2D eigenvalue weighted by molar-refractivity contribution is 5.94. The molecule has 0 unspecified atom stereocenters. The van der Waals surface area contributed by atoms with E-state index in [1.165, 1.54) is 32.9 Å². The Kier molecular flexibility index (Phi) is 3.78. The van der Waals surface area contributed by atoms with Crippen LogP contribution in [0.15, 0.2) is 54.9 Å². The van der Waals surface area contributed by atoms with Crippen LogP contribution in [0.1, 0.15) is 12.0 Å². The quantitative estimate of drug-likeness (QED) is 0.742. The molecule has 6 nitrogen and oxygen atoms in total. The number of tetrazole rings is 1. The van der Waals surface area contributed by atoms with Crippen LogP contribution in [-0.2, 0) is 11.3 Å². The van der Waals surface area contributed by atoms with E-state index in [-0.39, 0.29) is 12.5 Å². The van der Waals surface area contributed by atoms with Crippen molar-refractivity contribution in [2.75, 3.05) is 13.1 Å². The zero-order valence-electron chi connectivity index (χ0n) is 13.2. The molecule has 2 heterocycles. The van der Waals surface area contributed by atoms with E-state index in [9.17, 15) is 4.79 Å². The molecule has 3 aromatic rings. The molecule has 2 aromatic carbocycles. The summed E-state index contributed by atoms with van der Waals surface area (Å²) in [6.45, 7) is 1.53. The largest absolute Gasteiger partial charge is 0.337 e. The molecule has 24 heavy (non-hydrogen) atoms. The zero-order chi connectivity index (χ0) is 16.4. The lowest BCUT2D eigenvalue weighted by Crippen LogP contribution is -2.37. The minimum atomic E-state index is 0.0375.